The Bertz CT molecular complexity index is 621. The largest absolute Gasteiger partial charge is 0.301 e. The van der Waals surface area contributed by atoms with Crippen LogP contribution in [0.2, 0.25) is 0 Å². The van der Waals surface area contributed by atoms with Gasteiger partial charge in [-0.25, -0.2) is 9.37 Å². The van der Waals surface area contributed by atoms with Gasteiger partial charge in [0.1, 0.15) is 5.82 Å². The molecule has 0 aliphatic carbocycles. The number of nitrogens with one attached hydrogen (secondary N) is 1. The van der Waals surface area contributed by atoms with Crippen LogP contribution in [0.1, 0.15) is 0 Å². The van der Waals surface area contributed by atoms with Gasteiger partial charge in [-0.1, -0.05) is 43.2 Å². The van der Waals surface area contributed by atoms with Gasteiger partial charge in [-0.3, -0.25) is 9.59 Å². The predicted molar refractivity (Wildman–Crippen MR) is 89.7 cm³/mol. The molecule has 20 heavy (non-hydrogen) atoms. The molecular formula is C11H8Br3FN2O2S. The van der Waals surface area contributed by atoms with E-state index in [1.165, 1.54) is 23.5 Å². The van der Waals surface area contributed by atoms with E-state index in [1.54, 1.807) is 6.07 Å². The smallest absolute Gasteiger partial charge is 0.236 e. The molecular weight excluding hydrogens is 483 g/mol. The third-order valence-corrected chi connectivity index (χ3v) is 4.81. The third kappa shape index (κ3) is 5.94. The number of benzene rings is 1. The number of carbonyl (C=O) groups is 2. The number of halogens is 4. The van der Waals surface area contributed by atoms with Crippen LogP contribution in [0.15, 0.2) is 18.2 Å². The van der Waals surface area contributed by atoms with Crippen molar-refractivity contribution in [2.24, 2.45) is 0 Å². The van der Waals surface area contributed by atoms with E-state index in [2.05, 4.69) is 58.1 Å². The number of hydrogen-bond donors (Lipinski definition) is 1. The summed E-state index contributed by atoms with van der Waals surface area (Å²) in [6, 6.07) is 4.33. The summed E-state index contributed by atoms with van der Waals surface area (Å²) in [6.07, 6.45) is 0. The Morgan fingerprint density at radius 2 is 1.95 bits per heavy atom. The van der Waals surface area contributed by atoms with Crippen LogP contribution in [-0.4, -0.2) is 26.2 Å². The first-order valence-electron chi connectivity index (χ1n) is 5.12. The number of anilines is 1. The van der Waals surface area contributed by atoms with E-state index in [-0.39, 0.29) is 21.7 Å². The molecule has 1 N–H and O–H groups in total. The van der Waals surface area contributed by atoms with Crippen LogP contribution in [0, 0.1) is 5.82 Å². The highest BCUT2D eigenvalue weighted by Crippen LogP contribution is 2.26. The van der Waals surface area contributed by atoms with Crippen molar-refractivity contribution in [1.82, 2.24) is 4.98 Å². The molecule has 108 valence electrons. The lowest BCUT2D eigenvalue weighted by Crippen LogP contribution is -2.11. The molecule has 0 unspecified atom stereocenters. The minimum atomic E-state index is -0.301. The number of hydrogen-bond acceptors (Lipinski definition) is 4. The first-order chi connectivity index (χ1) is 9.46. The van der Waals surface area contributed by atoms with Gasteiger partial charge in [-0.2, -0.15) is 0 Å². The second-order valence-electron chi connectivity index (χ2n) is 3.30. The monoisotopic (exact) mass is 488 g/mol. The van der Waals surface area contributed by atoms with E-state index in [0.717, 1.165) is 4.70 Å². The molecule has 0 aliphatic heterocycles. The summed E-state index contributed by atoms with van der Waals surface area (Å²) in [6.45, 7) is 0. The number of rotatable bonds is 3. The molecule has 1 heterocycles. The van der Waals surface area contributed by atoms with Crippen molar-refractivity contribution >= 4 is 85.1 Å². The SMILES string of the molecule is O=C(Br)CBr.O=C(CBr)Nc1nc2ccc(F)cc2s1. The van der Waals surface area contributed by atoms with Crippen molar-refractivity contribution in [2.75, 3.05) is 16.0 Å². The number of carbonyl (C=O) groups excluding carboxylic acids is 2. The van der Waals surface area contributed by atoms with E-state index in [9.17, 15) is 14.0 Å². The maximum atomic E-state index is 12.9. The average molecular weight is 491 g/mol. The third-order valence-electron chi connectivity index (χ3n) is 1.82. The van der Waals surface area contributed by atoms with Gasteiger partial charge in [0.2, 0.25) is 10.6 Å². The zero-order chi connectivity index (χ0) is 15.1. The Morgan fingerprint density at radius 3 is 2.50 bits per heavy atom. The summed E-state index contributed by atoms with van der Waals surface area (Å²) >= 11 is 9.89. The predicted octanol–water partition coefficient (Wildman–Crippen LogP) is 4.07. The summed E-state index contributed by atoms with van der Waals surface area (Å²) in [5.74, 6) is -0.473. The number of amides is 1. The van der Waals surface area contributed by atoms with Gasteiger partial charge in [-0.05, 0) is 34.1 Å². The molecule has 9 heteroatoms. The summed E-state index contributed by atoms with van der Waals surface area (Å²) in [5, 5.41) is 3.70. The first-order valence-corrected chi connectivity index (χ1v) is 8.97. The van der Waals surface area contributed by atoms with E-state index in [4.69, 9.17) is 0 Å². The van der Waals surface area contributed by atoms with Gasteiger partial charge in [0.05, 0.1) is 20.9 Å². The Morgan fingerprint density at radius 1 is 1.30 bits per heavy atom. The van der Waals surface area contributed by atoms with Crippen LogP contribution < -0.4 is 5.32 Å². The van der Waals surface area contributed by atoms with Crippen molar-refractivity contribution in [3.63, 3.8) is 0 Å². The van der Waals surface area contributed by atoms with Gasteiger partial charge >= 0.3 is 0 Å². The average Bonchev–Trinajstić information content (AvgIpc) is 2.80. The molecule has 4 nitrogen and oxygen atoms in total. The summed E-state index contributed by atoms with van der Waals surface area (Å²) < 4.78 is 13.6. The van der Waals surface area contributed by atoms with Crippen LogP contribution in [0.3, 0.4) is 0 Å². The maximum Gasteiger partial charge on any atom is 0.236 e. The van der Waals surface area contributed by atoms with Gasteiger partial charge in [0, 0.05) is 0 Å². The molecule has 0 fully saturated rings. The molecule has 0 bridgehead atoms. The molecule has 0 spiro atoms. The first kappa shape index (κ1) is 17.7. The highest BCUT2D eigenvalue weighted by molar-refractivity contribution is 9.19. The fourth-order valence-electron chi connectivity index (χ4n) is 1.10. The molecule has 0 aliphatic rings. The van der Waals surface area contributed by atoms with Crippen LogP contribution in [-0.2, 0) is 9.59 Å². The second kappa shape index (κ2) is 8.81. The molecule has 0 saturated heterocycles. The maximum absolute atomic E-state index is 12.9. The van der Waals surface area contributed by atoms with E-state index < -0.39 is 0 Å². The fourth-order valence-corrected chi connectivity index (χ4v) is 2.15. The van der Waals surface area contributed by atoms with Crippen molar-refractivity contribution in [3.8, 4) is 0 Å². The number of alkyl halides is 2. The van der Waals surface area contributed by atoms with Gasteiger partial charge < -0.3 is 5.32 Å². The standard InChI is InChI=1S/C9H6BrFN2OS.C2H2Br2O/c10-4-8(14)13-9-12-6-2-1-5(11)3-7(6)15-9;3-1-2(4)5/h1-3H,4H2,(H,12,13,14);1H2. The minimum absolute atomic E-state index is 0.0162. The zero-order valence-corrected chi connectivity index (χ0v) is 15.4. The molecule has 0 atom stereocenters. The van der Waals surface area contributed by atoms with Crippen LogP contribution in [0.5, 0.6) is 0 Å². The summed E-state index contributed by atoms with van der Waals surface area (Å²) in [5.41, 5.74) is 0.686. The highest BCUT2D eigenvalue weighted by Gasteiger charge is 2.06. The molecule has 1 aromatic carbocycles. The van der Waals surface area contributed by atoms with Crippen LogP contribution >= 0.6 is 59.1 Å². The number of aromatic nitrogens is 1. The topological polar surface area (TPSA) is 59.1 Å². The quantitative estimate of drug-likeness (QED) is 0.521. The Kier molecular flexibility index (Phi) is 7.78. The lowest BCUT2D eigenvalue weighted by Gasteiger charge is -1.94. The van der Waals surface area contributed by atoms with E-state index in [1.807, 2.05) is 0 Å². The molecule has 0 radical (unpaired) electrons. The van der Waals surface area contributed by atoms with Crippen molar-refractivity contribution in [2.45, 2.75) is 0 Å². The van der Waals surface area contributed by atoms with E-state index in [0.29, 0.717) is 16.0 Å². The van der Waals surface area contributed by atoms with Gasteiger partial charge in [0.25, 0.3) is 0 Å². The normalized spacial score (nSPS) is 9.80. The summed E-state index contributed by atoms with van der Waals surface area (Å²) in [7, 11) is 0. The molecule has 0 saturated carbocycles. The van der Waals surface area contributed by atoms with Crippen molar-refractivity contribution < 1.29 is 14.0 Å². The molecule has 1 aromatic heterocycles. The van der Waals surface area contributed by atoms with Crippen LogP contribution in [0.4, 0.5) is 9.52 Å². The fraction of sp³-hybridized carbons (Fsp3) is 0.182. The lowest BCUT2D eigenvalue weighted by molar-refractivity contribution is -0.113. The summed E-state index contributed by atoms with van der Waals surface area (Å²) in [4.78, 5) is 24.9. The second-order valence-corrected chi connectivity index (χ2v) is 6.34. The highest BCUT2D eigenvalue weighted by atomic mass is 79.9. The van der Waals surface area contributed by atoms with Gasteiger partial charge in [-0.15, -0.1) is 0 Å². The van der Waals surface area contributed by atoms with Crippen molar-refractivity contribution in [1.29, 1.82) is 0 Å². The van der Waals surface area contributed by atoms with E-state index >= 15 is 0 Å². The van der Waals surface area contributed by atoms with Crippen molar-refractivity contribution in [3.05, 3.63) is 24.0 Å². The molecule has 2 rings (SSSR count). The molecule has 2 aromatic rings. The Labute approximate surface area is 143 Å². The van der Waals surface area contributed by atoms with Gasteiger partial charge in [0.15, 0.2) is 5.13 Å². The number of fused-ring (bicyclic) bond motifs is 1. The Hall–Kier alpha value is -0.380. The van der Waals surface area contributed by atoms with Crippen LogP contribution in [0.25, 0.3) is 10.2 Å². The Balaban J connectivity index is 0.000000347. The number of nitrogens with zero attached hydrogens (tertiary/aromatic N) is 1. The number of thiazole rings is 1. The molecule has 1 amide bonds. The lowest BCUT2D eigenvalue weighted by atomic mass is 10.3. The zero-order valence-electron chi connectivity index (χ0n) is 9.83. The minimum Gasteiger partial charge on any atom is -0.301 e.